The number of amides is 8. The van der Waals surface area contributed by atoms with Crippen LogP contribution < -0.4 is 47.3 Å². The minimum atomic E-state index is -1.91. The summed E-state index contributed by atoms with van der Waals surface area (Å²) in [6.45, 7) is 10.2. The van der Waals surface area contributed by atoms with Crippen molar-refractivity contribution in [1.82, 2.24) is 31.1 Å². The molecule has 0 aliphatic carbocycles. The van der Waals surface area contributed by atoms with Crippen LogP contribution in [0, 0.1) is 11.8 Å². The summed E-state index contributed by atoms with van der Waals surface area (Å²) in [6, 6.07) is 13.0. The van der Waals surface area contributed by atoms with E-state index in [-0.39, 0.29) is 61.4 Å². The molecule has 0 spiro atoms. The number of carbonyl (C=O) groups excluding carboxylic acids is 8. The number of fused-ring (bicyclic) bond motifs is 5. The first-order valence-corrected chi connectivity index (χ1v) is 30.9. The average molecular weight is 1330 g/mol. The standard InChI is InChI=1S/C63H82ClN11O15S2/c1-35(2)53(71-59(92)69-43-23-21-41(22-24-43)67-34-91)56(79)70-44(15-13-26-66-58(65)81)55(78)68-42-19-17-39(18-20-42)33-87-61(83)73(7)27-25-50(76)74(8)38(5)57(80)89-49-31-51(77)75(9)45-29-40(30-46(85-10)52(45)64)28-36(3)14-12-16-48(86-11)63(84)32-47(88-60(82)72-63)37(4)54-62(49,6)90-54/h12,14,16-24,29-30,35,37-38,44,47-49,53-54,84H,13,15,25-28,31-33H2,1-11H3,(H,68,78)(H,70,79)(H,72,82)(H3,65,66,81)(H2,69,71,92)/b16-12+,36-14+/t37-,38+,44+,47+,48-,49+,53+,54+,62+,63+/m1/s1. The van der Waals surface area contributed by atoms with Crippen LogP contribution in [0.2, 0.25) is 5.02 Å². The number of nitrogens with zero attached hydrogens (tertiary/aromatic N) is 4. The summed E-state index contributed by atoms with van der Waals surface area (Å²) < 4.78 is 35.0. The molecule has 0 unspecified atom stereocenters. The van der Waals surface area contributed by atoms with Crippen molar-refractivity contribution in [1.29, 1.82) is 0 Å². The van der Waals surface area contributed by atoms with Crippen molar-refractivity contribution in [2.24, 2.45) is 22.6 Å². The molecule has 3 aliphatic rings. The molecule has 3 heterocycles. The third kappa shape index (κ3) is 19.6. The number of benzene rings is 3. The second kappa shape index (κ2) is 32.9. The molecular weight excluding hydrogens is 1250 g/mol. The normalized spacial score (nSPS) is 23.1. The number of ether oxygens (including phenoxy) is 6. The lowest BCUT2D eigenvalue weighted by molar-refractivity contribution is -0.162. The minimum Gasteiger partial charge on any atom is -0.495 e. The van der Waals surface area contributed by atoms with E-state index in [0.29, 0.717) is 40.5 Å². The fourth-order valence-corrected chi connectivity index (χ4v) is 11.1. The Morgan fingerprint density at radius 1 is 1.00 bits per heavy atom. The molecular formula is C63H82ClN11O15S2. The highest BCUT2D eigenvalue weighted by Gasteiger charge is 2.64. The molecule has 10 atom stereocenters. The lowest BCUT2D eigenvalue weighted by atomic mass is 9.83. The highest BCUT2D eigenvalue weighted by atomic mass is 35.5. The number of halogens is 1. The van der Waals surface area contributed by atoms with E-state index < -0.39 is 114 Å². The first-order chi connectivity index (χ1) is 43.5. The monoisotopic (exact) mass is 1330 g/mol. The molecule has 3 aromatic carbocycles. The van der Waals surface area contributed by atoms with Crippen molar-refractivity contribution in [2.45, 2.75) is 141 Å². The Balaban J connectivity index is 1.06. The van der Waals surface area contributed by atoms with Crippen molar-refractivity contribution >= 4 is 117 Å². The van der Waals surface area contributed by atoms with Gasteiger partial charge in [-0.15, -0.1) is 0 Å². The maximum absolute atomic E-state index is 14.5. The van der Waals surface area contributed by atoms with Gasteiger partial charge >= 0.3 is 24.2 Å². The summed E-state index contributed by atoms with van der Waals surface area (Å²) in [5, 5.41) is 31.2. The van der Waals surface area contributed by atoms with Gasteiger partial charge in [0.15, 0.2) is 10.8 Å². The van der Waals surface area contributed by atoms with E-state index in [4.69, 9.17) is 58.0 Å². The highest BCUT2D eigenvalue weighted by Crippen LogP contribution is 2.49. The molecule has 6 rings (SSSR count). The average Bonchev–Trinajstić information content (AvgIpc) is 1.57. The fourth-order valence-electron chi connectivity index (χ4n) is 10.5. The predicted octanol–water partition coefficient (Wildman–Crippen LogP) is 6.79. The SMILES string of the molecule is COc1cc2cc(c1Cl)N(C)C(=O)C[C@H](OC(=O)[C@H](C)N(C)C(=O)CCN(C)C(=O)OCc1ccc(NC(=O)[C@H](CCCNC(N)=O)NC(=O)[C@@H](NC(=S)Nc3ccc(N=C=S)cc3)C(C)C)cc1)[C@]1(C)O[C@H]1[C@H](C)[C@@H]1C[C@@](O)(NC(=O)O1)[C@H](OC)/C=C/C=C(\C)C2. The van der Waals surface area contributed by atoms with Gasteiger partial charge in [0.05, 0.1) is 36.2 Å². The summed E-state index contributed by atoms with van der Waals surface area (Å²) in [6.07, 6.45) is -0.455. The zero-order valence-corrected chi connectivity index (χ0v) is 55.7. The van der Waals surface area contributed by atoms with Crippen molar-refractivity contribution in [3.05, 3.63) is 101 Å². The lowest BCUT2D eigenvalue weighted by Crippen LogP contribution is -2.63. The number of isothiocyanates is 1. The van der Waals surface area contributed by atoms with E-state index >= 15 is 0 Å². The van der Waals surface area contributed by atoms with Crippen LogP contribution in [0.1, 0.15) is 84.8 Å². The number of primary amides is 1. The summed E-state index contributed by atoms with van der Waals surface area (Å²) in [4.78, 5) is 115. The van der Waals surface area contributed by atoms with Crippen molar-refractivity contribution in [2.75, 3.05) is 64.0 Å². The Kier molecular flexibility index (Phi) is 26.0. The van der Waals surface area contributed by atoms with Gasteiger partial charge in [-0.05, 0) is 130 Å². The van der Waals surface area contributed by atoms with E-state index in [1.54, 1.807) is 86.7 Å². The number of likely N-dealkylation sites (N-methyl/N-ethyl adjacent to an activating group) is 1. The van der Waals surface area contributed by atoms with Gasteiger partial charge < -0.3 is 80.5 Å². The predicted molar refractivity (Wildman–Crippen MR) is 351 cm³/mol. The number of carbonyl (C=O) groups is 8. The Hall–Kier alpha value is -8.24. The molecule has 2 saturated heterocycles. The number of anilines is 3. The molecule has 8 amide bonds. The number of aliphatic hydroxyl groups is 1. The van der Waals surface area contributed by atoms with E-state index in [1.165, 1.54) is 52.1 Å². The number of nitrogens with two attached hydrogens (primary N) is 1. The van der Waals surface area contributed by atoms with Gasteiger partial charge in [0.1, 0.15) is 59.4 Å². The van der Waals surface area contributed by atoms with Crippen LogP contribution in [0.3, 0.4) is 0 Å². The minimum absolute atomic E-state index is 0.111. The van der Waals surface area contributed by atoms with Crippen molar-refractivity contribution in [3.63, 3.8) is 0 Å². The molecule has 0 radical (unpaired) electrons. The number of rotatable bonds is 22. The fraction of sp³-hybridized carbons (Fsp3) is 0.492. The maximum Gasteiger partial charge on any atom is 0.409 e. The summed E-state index contributed by atoms with van der Waals surface area (Å²) in [7, 11) is 7.23. The Morgan fingerprint density at radius 3 is 2.32 bits per heavy atom. The second-order valence-corrected chi connectivity index (χ2v) is 24.3. The Morgan fingerprint density at radius 2 is 1.67 bits per heavy atom. The summed E-state index contributed by atoms with van der Waals surface area (Å²) in [5.41, 5.74) is 6.08. The molecule has 3 aliphatic heterocycles. The molecule has 498 valence electrons. The highest BCUT2D eigenvalue weighted by molar-refractivity contribution is 7.80. The molecule has 92 heavy (non-hydrogen) atoms. The molecule has 0 saturated carbocycles. The van der Waals surface area contributed by atoms with Crippen LogP contribution in [0.4, 0.5) is 37.1 Å². The van der Waals surface area contributed by atoms with Crippen LogP contribution >= 0.6 is 36.0 Å². The van der Waals surface area contributed by atoms with Gasteiger partial charge in [-0.25, -0.2) is 19.2 Å². The number of aliphatic imine (C=N–C) groups is 1. The first kappa shape index (κ1) is 72.8. The van der Waals surface area contributed by atoms with Crippen molar-refractivity contribution in [3.8, 4) is 5.75 Å². The third-order valence-corrected chi connectivity index (χ3v) is 16.9. The molecule has 9 N–H and O–H groups in total. The van der Waals surface area contributed by atoms with E-state index in [0.717, 1.165) is 16.0 Å². The van der Waals surface area contributed by atoms with Gasteiger partial charge in [0, 0.05) is 71.5 Å². The quantitative estimate of drug-likeness (QED) is 0.0128. The number of urea groups is 1. The van der Waals surface area contributed by atoms with Gasteiger partial charge in [-0.1, -0.05) is 68.3 Å². The summed E-state index contributed by atoms with van der Waals surface area (Å²) >= 11 is 17.0. The molecule has 0 aromatic heterocycles. The second-order valence-electron chi connectivity index (χ2n) is 23.4. The molecule has 2 fully saturated rings. The number of hydrogen-bond acceptors (Lipinski definition) is 18. The van der Waals surface area contributed by atoms with Crippen LogP contribution in [0.15, 0.2) is 89.5 Å². The number of allylic oxidation sites excluding steroid dienone is 3. The van der Waals surface area contributed by atoms with Crippen molar-refractivity contribution < 1.29 is 71.9 Å². The zero-order valence-electron chi connectivity index (χ0n) is 53.3. The topological polar surface area (TPSA) is 336 Å². The number of alkyl carbamates (subject to hydrolysis) is 1. The molecule has 3 aromatic rings. The molecule has 26 nitrogen and oxygen atoms in total. The smallest absolute Gasteiger partial charge is 0.409 e. The van der Waals surface area contributed by atoms with Crippen LogP contribution in [-0.4, -0.2) is 175 Å². The number of methoxy groups -OCH3 is 2. The third-order valence-electron chi connectivity index (χ3n) is 16.2. The number of esters is 1. The Labute approximate surface area is 550 Å². The largest absolute Gasteiger partial charge is 0.495 e. The van der Waals surface area contributed by atoms with Crippen LogP contribution in [-0.2, 0) is 60.7 Å². The summed E-state index contributed by atoms with van der Waals surface area (Å²) in [5.74, 6) is -3.57. The zero-order chi connectivity index (χ0) is 67.8. The van der Waals surface area contributed by atoms with Crippen LogP contribution in [0.25, 0.3) is 0 Å². The van der Waals surface area contributed by atoms with Gasteiger partial charge in [-0.2, -0.15) is 4.99 Å². The van der Waals surface area contributed by atoms with E-state index in [1.807, 2.05) is 26.8 Å². The van der Waals surface area contributed by atoms with E-state index in [2.05, 4.69) is 54.3 Å². The number of thiocarbonyl (C=S) groups is 2. The number of nitrogens with one attached hydrogen (secondary N) is 6. The van der Waals surface area contributed by atoms with Crippen LogP contribution in [0.5, 0.6) is 5.75 Å². The number of epoxide rings is 1. The van der Waals surface area contributed by atoms with Gasteiger partial charge in [-0.3, -0.25) is 24.5 Å². The lowest BCUT2D eigenvalue weighted by Gasteiger charge is -2.42. The molecule has 29 heteroatoms. The molecule has 4 bridgehead atoms. The Bertz CT molecular complexity index is 3320. The van der Waals surface area contributed by atoms with E-state index in [9.17, 15) is 43.5 Å². The van der Waals surface area contributed by atoms with Gasteiger partial charge in [0.25, 0.3) is 0 Å². The number of hydrogen-bond donors (Lipinski definition) is 8. The van der Waals surface area contributed by atoms with Gasteiger partial charge in [0.2, 0.25) is 23.6 Å². The maximum atomic E-state index is 14.5. The first-order valence-electron chi connectivity index (χ1n) is 29.7.